The second-order valence-corrected chi connectivity index (χ2v) is 7.30. The fourth-order valence-electron chi connectivity index (χ4n) is 3.15. The van der Waals surface area contributed by atoms with E-state index in [2.05, 4.69) is 27.2 Å². The highest BCUT2D eigenvalue weighted by molar-refractivity contribution is 6.30. The monoisotopic (exact) mass is 385 g/mol. The summed E-state index contributed by atoms with van der Waals surface area (Å²) in [5, 5.41) is 3.65. The van der Waals surface area contributed by atoms with E-state index >= 15 is 0 Å². The van der Waals surface area contributed by atoms with Gasteiger partial charge in [-0.05, 0) is 48.9 Å². The van der Waals surface area contributed by atoms with Gasteiger partial charge in [-0.1, -0.05) is 23.7 Å². The zero-order chi connectivity index (χ0) is 19.2. The minimum absolute atomic E-state index is 0.0179. The number of carbonyl (C=O) groups excluding carboxylic acids is 2. The predicted octanol–water partition coefficient (Wildman–Crippen LogP) is 3.30. The SMILES string of the molecule is CC(=O)c1ccc(NC(=O)CN2CCN(Cc3ccc(Cl)cc3)CC2)cc1. The van der Waals surface area contributed by atoms with Crippen LogP contribution in [0.4, 0.5) is 5.69 Å². The minimum atomic E-state index is -0.0308. The molecule has 0 bridgehead atoms. The lowest BCUT2D eigenvalue weighted by atomic mass is 10.1. The second kappa shape index (κ2) is 9.13. The van der Waals surface area contributed by atoms with Crippen LogP contribution in [0.25, 0.3) is 0 Å². The van der Waals surface area contributed by atoms with E-state index in [4.69, 9.17) is 11.6 Å². The molecule has 1 aliphatic heterocycles. The van der Waals surface area contributed by atoms with Crippen molar-refractivity contribution >= 4 is 29.0 Å². The third-order valence-corrected chi connectivity index (χ3v) is 4.98. The van der Waals surface area contributed by atoms with Gasteiger partial charge in [-0.15, -0.1) is 0 Å². The lowest BCUT2D eigenvalue weighted by Crippen LogP contribution is -2.48. The predicted molar refractivity (Wildman–Crippen MR) is 108 cm³/mol. The van der Waals surface area contributed by atoms with Crippen molar-refractivity contribution in [3.05, 3.63) is 64.7 Å². The molecule has 0 aliphatic carbocycles. The number of ketones is 1. The number of carbonyl (C=O) groups is 2. The normalized spacial score (nSPS) is 15.5. The zero-order valence-electron chi connectivity index (χ0n) is 15.5. The molecule has 1 saturated heterocycles. The fraction of sp³-hybridized carbons (Fsp3) is 0.333. The molecule has 1 fully saturated rings. The Morgan fingerprint density at radius 1 is 0.926 bits per heavy atom. The van der Waals surface area contributed by atoms with Crippen LogP contribution in [-0.4, -0.2) is 54.2 Å². The molecule has 1 N–H and O–H groups in total. The molecule has 3 rings (SSSR count). The molecule has 27 heavy (non-hydrogen) atoms. The molecule has 6 heteroatoms. The van der Waals surface area contributed by atoms with Crippen LogP contribution in [0.15, 0.2) is 48.5 Å². The van der Waals surface area contributed by atoms with Crippen LogP contribution < -0.4 is 5.32 Å². The van der Waals surface area contributed by atoms with Crippen molar-refractivity contribution in [3.63, 3.8) is 0 Å². The molecule has 142 valence electrons. The molecule has 0 radical (unpaired) electrons. The van der Waals surface area contributed by atoms with Gasteiger partial charge in [-0.25, -0.2) is 0 Å². The first-order chi connectivity index (χ1) is 13.0. The van der Waals surface area contributed by atoms with Crippen molar-refractivity contribution in [2.24, 2.45) is 0 Å². The van der Waals surface area contributed by atoms with Gasteiger partial charge in [0.25, 0.3) is 0 Å². The second-order valence-electron chi connectivity index (χ2n) is 6.86. The van der Waals surface area contributed by atoms with Crippen molar-refractivity contribution in [1.29, 1.82) is 0 Å². The molecular weight excluding hydrogens is 362 g/mol. The minimum Gasteiger partial charge on any atom is -0.325 e. The molecule has 2 aromatic rings. The molecular formula is C21H24ClN3O2. The summed E-state index contributed by atoms with van der Waals surface area (Å²) in [6.45, 7) is 6.41. The van der Waals surface area contributed by atoms with Gasteiger partial charge < -0.3 is 5.32 Å². The van der Waals surface area contributed by atoms with Gasteiger partial charge in [0.05, 0.1) is 6.54 Å². The molecule has 0 aromatic heterocycles. The van der Waals surface area contributed by atoms with Crippen molar-refractivity contribution in [1.82, 2.24) is 9.80 Å². The van der Waals surface area contributed by atoms with Gasteiger partial charge in [0.1, 0.15) is 0 Å². The number of Topliss-reactive ketones (excluding diaryl/α,β-unsaturated/α-hetero) is 1. The van der Waals surface area contributed by atoms with Crippen molar-refractivity contribution in [3.8, 4) is 0 Å². The van der Waals surface area contributed by atoms with Crippen LogP contribution in [0.5, 0.6) is 0 Å². The van der Waals surface area contributed by atoms with Crippen LogP contribution in [0.3, 0.4) is 0 Å². The highest BCUT2D eigenvalue weighted by atomic mass is 35.5. The Hall–Kier alpha value is -2.21. The van der Waals surface area contributed by atoms with Crippen molar-refractivity contribution in [2.45, 2.75) is 13.5 Å². The van der Waals surface area contributed by atoms with E-state index in [1.54, 1.807) is 24.3 Å². The highest BCUT2D eigenvalue weighted by Crippen LogP contribution is 2.13. The number of nitrogens with one attached hydrogen (secondary N) is 1. The van der Waals surface area contributed by atoms with Crippen LogP contribution in [0.2, 0.25) is 5.02 Å². The molecule has 0 spiro atoms. The van der Waals surface area contributed by atoms with Crippen LogP contribution >= 0.6 is 11.6 Å². The molecule has 1 aliphatic rings. The van der Waals surface area contributed by atoms with Gasteiger partial charge >= 0.3 is 0 Å². The Balaban J connectivity index is 1.42. The van der Waals surface area contributed by atoms with E-state index in [9.17, 15) is 9.59 Å². The van der Waals surface area contributed by atoms with E-state index in [0.29, 0.717) is 17.8 Å². The van der Waals surface area contributed by atoms with Gasteiger partial charge in [0, 0.05) is 49.0 Å². The van der Waals surface area contributed by atoms with Crippen LogP contribution in [0.1, 0.15) is 22.8 Å². The Kier molecular flexibility index (Phi) is 6.61. The number of benzene rings is 2. The van der Waals surface area contributed by atoms with Gasteiger partial charge in [0.2, 0.25) is 5.91 Å². The van der Waals surface area contributed by atoms with Gasteiger partial charge in [-0.2, -0.15) is 0 Å². The topological polar surface area (TPSA) is 52.7 Å². The third kappa shape index (κ3) is 5.89. The number of nitrogens with zero attached hydrogens (tertiary/aromatic N) is 2. The summed E-state index contributed by atoms with van der Waals surface area (Å²) < 4.78 is 0. The van der Waals surface area contributed by atoms with E-state index in [0.717, 1.165) is 37.7 Å². The summed E-state index contributed by atoms with van der Waals surface area (Å²) in [5.41, 5.74) is 2.61. The molecule has 0 unspecified atom stereocenters. The van der Waals surface area contributed by atoms with E-state index in [1.165, 1.54) is 12.5 Å². The number of rotatable bonds is 6. The average molecular weight is 386 g/mol. The standard InChI is InChI=1S/C21H24ClN3O2/c1-16(26)18-4-8-20(9-5-18)23-21(27)15-25-12-10-24(11-13-25)14-17-2-6-19(22)7-3-17/h2-9H,10-15H2,1H3,(H,23,27). The number of hydrogen-bond acceptors (Lipinski definition) is 4. The Bertz CT molecular complexity index is 782. The van der Waals surface area contributed by atoms with Crippen LogP contribution in [0, 0.1) is 0 Å². The van der Waals surface area contributed by atoms with E-state index < -0.39 is 0 Å². The first kappa shape index (κ1) is 19.5. The molecule has 2 aromatic carbocycles. The number of hydrogen-bond donors (Lipinski definition) is 1. The number of anilines is 1. The zero-order valence-corrected chi connectivity index (χ0v) is 16.2. The van der Waals surface area contributed by atoms with Gasteiger partial charge in [-0.3, -0.25) is 19.4 Å². The molecule has 0 saturated carbocycles. The van der Waals surface area contributed by atoms with Gasteiger partial charge in [0.15, 0.2) is 5.78 Å². The molecule has 0 atom stereocenters. The Morgan fingerprint density at radius 2 is 1.52 bits per heavy atom. The average Bonchev–Trinajstić information content (AvgIpc) is 2.65. The maximum absolute atomic E-state index is 12.3. The van der Waals surface area contributed by atoms with E-state index in [-0.39, 0.29) is 11.7 Å². The summed E-state index contributed by atoms with van der Waals surface area (Å²) in [6, 6.07) is 14.9. The number of piperazine rings is 1. The summed E-state index contributed by atoms with van der Waals surface area (Å²) in [7, 11) is 0. The van der Waals surface area contributed by atoms with Crippen LogP contribution in [-0.2, 0) is 11.3 Å². The summed E-state index contributed by atoms with van der Waals surface area (Å²) in [5.74, 6) is -0.0129. The lowest BCUT2D eigenvalue weighted by molar-refractivity contribution is -0.117. The summed E-state index contributed by atoms with van der Waals surface area (Å²) in [4.78, 5) is 28.1. The van der Waals surface area contributed by atoms with Crippen molar-refractivity contribution in [2.75, 3.05) is 38.0 Å². The van der Waals surface area contributed by atoms with Crippen molar-refractivity contribution < 1.29 is 9.59 Å². The molecule has 1 heterocycles. The first-order valence-electron chi connectivity index (χ1n) is 9.09. The van der Waals surface area contributed by atoms with E-state index in [1.807, 2.05) is 12.1 Å². The highest BCUT2D eigenvalue weighted by Gasteiger charge is 2.19. The third-order valence-electron chi connectivity index (χ3n) is 4.73. The Morgan fingerprint density at radius 3 is 2.11 bits per heavy atom. The summed E-state index contributed by atoms with van der Waals surface area (Å²) in [6.07, 6.45) is 0. The first-order valence-corrected chi connectivity index (χ1v) is 9.47. The smallest absolute Gasteiger partial charge is 0.238 e. The Labute approximate surface area is 164 Å². The quantitative estimate of drug-likeness (QED) is 0.775. The maximum Gasteiger partial charge on any atom is 0.238 e. The fourth-order valence-corrected chi connectivity index (χ4v) is 3.27. The number of halogens is 1. The lowest BCUT2D eigenvalue weighted by Gasteiger charge is -2.34. The molecule has 1 amide bonds. The maximum atomic E-state index is 12.3. The number of amides is 1. The molecule has 5 nitrogen and oxygen atoms in total. The summed E-state index contributed by atoms with van der Waals surface area (Å²) >= 11 is 5.93. The largest absolute Gasteiger partial charge is 0.325 e.